The average molecular weight is 310 g/mol. The molecule has 1 aromatic rings. The Hall–Kier alpha value is -1.26. The molecule has 0 saturated carbocycles. The van der Waals surface area contributed by atoms with Crippen molar-refractivity contribution in [3.63, 3.8) is 0 Å². The average Bonchev–Trinajstić information content (AvgIpc) is 2.43. The molecular weight excluding hydrogens is 286 g/mol. The summed E-state index contributed by atoms with van der Waals surface area (Å²) >= 11 is 5.89. The summed E-state index contributed by atoms with van der Waals surface area (Å²) in [6.07, 6.45) is 1.47. The molecule has 1 aromatic carbocycles. The van der Waals surface area contributed by atoms with Crippen LogP contribution < -0.4 is 11.1 Å². The minimum Gasteiger partial charge on any atom is -0.371 e. The maximum atomic E-state index is 12.0. The molecule has 0 aliphatic carbocycles. The van der Waals surface area contributed by atoms with Crippen molar-refractivity contribution in [2.24, 2.45) is 11.7 Å². The fourth-order valence-electron chi connectivity index (χ4n) is 2.88. The monoisotopic (exact) mass is 309 g/mol. The number of likely N-dealkylation sites (tertiary alicyclic amines) is 1. The number of rotatable bonds is 5. The number of nitrogens with zero attached hydrogens (tertiary/aromatic N) is 1. The van der Waals surface area contributed by atoms with E-state index in [0.717, 1.165) is 38.2 Å². The molecule has 0 atom stereocenters. The van der Waals surface area contributed by atoms with Gasteiger partial charge in [0.25, 0.3) is 0 Å². The minimum atomic E-state index is -0.651. The zero-order valence-electron chi connectivity index (χ0n) is 12.7. The van der Waals surface area contributed by atoms with Crippen LogP contribution in [0.3, 0.4) is 0 Å². The van der Waals surface area contributed by atoms with Gasteiger partial charge in [-0.15, -0.1) is 0 Å². The summed E-state index contributed by atoms with van der Waals surface area (Å²) in [6.45, 7) is 7.27. The minimum absolute atomic E-state index is 0.276. The normalized spacial score (nSPS) is 18.7. The lowest BCUT2D eigenvalue weighted by molar-refractivity contribution is -0.123. The Morgan fingerprint density at radius 3 is 2.38 bits per heavy atom. The topological polar surface area (TPSA) is 58.4 Å². The molecule has 4 nitrogen and oxygen atoms in total. The van der Waals surface area contributed by atoms with Crippen molar-refractivity contribution in [1.29, 1.82) is 0 Å². The van der Waals surface area contributed by atoms with Crippen LogP contribution in [0.25, 0.3) is 0 Å². The van der Waals surface area contributed by atoms with Crippen LogP contribution in [-0.4, -0.2) is 36.0 Å². The van der Waals surface area contributed by atoms with Gasteiger partial charge in [-0.25, -0.2) is 0 Å². The molecule has 0 aromatic heterocycles. The maximum absolute atomic E-state index is 12.0. The van der Waals surface area contributed by atoms with Gasteiger partial charge in [0.1, 0.15) is 5.54 Å². The number of nitrogens with two attached hydrogens (primary N) is 1. The number of benzene rings is 1. The van der Waals surface area contributed by atoms with E-state index in [4.69, 9.17) is 17.3 Å². The number of hydrogen-bond donors (Lipinski definition) is 2. The Labute approximate surface area is 131 Å². The number of amides is 1. The smallest absolute Gasteiger partial charge is 0.243 e. The van der Waals surface area contributed by atoms with Crippen molar-refractivity contribution in [1.82, 2.24) is 4.90 Å². The molecule has 116 valence electrons. The van der Waals surface area contributed by atoms with Crippen LogP contribution in [0.5, 0.6) is 0 Å². The summed E-state index contributed by atoms with van der Waals surface area (Å²) in [7, 11) is 0. The molecule has 2 rings (SSSR count). The summed E-state index contributed by atoms with van der Waals surface area (Å²) in [6, 6.07) is 7.39. The number of carbonyl (C=O) groups excluding carboxylic acids is 1. The van der Waals surface area contributed by atoms with Crippen LogP contribution in [0.4, 0.5) is 5.69 Å². The Kier molecular flexibility index (Phi) is 5.12. The highest BCUT2D eigenvalue weighted by atomic mass is 35.5. The second kappa shape index (κ2) is 6.67. The Morgan fingerprint density at radius 1 is 1.33 bits per heavy atom. The van der Waals surface area contributed by atoms with Gasteiger partial charge in [0.05, 0.1) is 0 Å². The summed E-state index contributed by atoms with van der Waals surface area (Å²) < 4.78 is 0. The largest absolute Gasteiger partial charge is 0.371 e. The first-order valence-electron chi connectivity index (χ1n) is 7.47. The predicted octanol–water partition coefficient (Wildman–Crippen LogP) is 2.73. The van der Waals surface area contributed by atoms with E-state index in [9.17, 15) is 4.79 Å². The fourth-order valence-corrected chi connectivity index (χ4v) is 3.00. The summed E-state index contributed by atoms with van der Waals surface area (Å²) in [4.78, 5) is 14.4. The molecule has 1 fully saturated rings. The first-order valence-corrected chi connectivity index (χ1v) is 7.85. The number of hydrogen-bond acceptors (Lipinski definition) is 3. The third-order valence-corrected chi connectivity index (χ3v) is 4.28. The van der Waals surface area contributed by atoms with Crippen LogP contribution in [0, 0.1) is 5.92 Å². The molecule has 1 amide bonds. The van der Waals surface area contributed by atoms with E-state index < -0.39 is 5.54 Å². The van der Waals surface area contributed by atoms with E-state index in [1.165, 1.54) is 0 Å². The van der Waals surface area contributed by atoms with Gasteiger partial charge >= 0.3 is 0 Å². The number of primary amides is 1. The Bertz CT molecular complexity index is 479. The number of piperidine rings is 1. The quantitative estimate of drug-likeness (QED) is 0.879. The van der Waals surface area contributed by atoms with Gasteiger partial charge in [-0.1, -0.05) is 25.4 Å². The first kappa shape index (κ1) is 16.1. The van der Waals surface area contributed by atoms with Gasteiger partial charge in [0.2, 0.25) is 5.91 Å². The molecule has 5 heteroatoms. The highest BCUT2D eigenvalue weighted by Crippen LogP contribution is 2.28. The van der Waals surface area contributed by atoms with Gasteiger partial charge in [-0.2, -0.15) is 0 Å². The number of anilines is 1. The highest BCUT2D eigenvalue weighted by molar-refractivity contribution is 6.30. The summed E-state index contributed by atoms with van der Waals surface area (Å²) in [5, 5.41) is 4.02. The van der Waals surface area contributed by atoms with Crippen molar-refractivity contribution in [2.45, 2.75) is 32.2 Å². The molecular formula is C16H24ClN3O. The lowest BCUT2D eigenvalue weighted by atomic mass is 9.86. The van der Waals surface area contributed by atoms with Crippen molar-refractivity contribution in [2.75, 3.05) is 25.0 Å². The summed E-state index contributed by atoms with van der Waals surface area (Å²) in [5.41, 5.74) is 5.91. The van der Waals surface area contributed by atoms with Crippen molar-refractivity contribution in [3.05, 3.63) is 29.3 Å². The molecule has 0 bridgehead atoms. The van der Waals surface area contributed by atoms with E-state index in [2.05, 4.69) is 24.1 Å². The van der Waals surface area contributed by atoms with Crippen LogP contribution in [0.2, 0.25) is 5.02 Å². The van der Waals surface area contributed by atoms with Gasteiger partial charge in [-0.3, -0.25) is 4.79 Å². The SMILES string of the molecule is CC(C)CN1CCC(Nc2ccc(Cl)cc2)(C(N)=O)CC1. The fraction of sp³-hybridized carbons (Fsp3) is 0.562. The third-order valence-electron chi connectivity index (χ3n) is 4.03. The number of halogens is 1. The van der Waals surface area contributed by atoms with Gasteiger partial charge in [-0.05, 0) is 43.0 Å². The first-order chi connectivity index (χ1) is 9.91. The number of nitrogens with one attached hydrogen (secondary N) is 1. The molecule has 1 aliphatic heterocycles. The van der Waals surface area contributed by atoms with E-state index in [-0.39, 0.29) is 5.91 Å². The van der Waals surface area contributed by atoms with Gasteiger partial charge < -0.3 is 16.0 Å². The van der Waals surface area contributed by atoms with Crippen LogP contribution in [-0.2, 0) is 4.79 Å². The van der Waals surface area contributed by atoms with Gasteiger partial charge in [0, 0.05) is 30.3 Å². The molecule has 1 saturated heterocycles. The molecule has 0 spiro atoms. The highest BCUT2D eigenvalue weighted by Gasteiger charge is 2.39. The summed E-state index contributed by atoms with van der Waals surface area (Å²) in [5.74, 6) is 0.358. The molecule has 1 heterocycles. The molecule has 3 N–H and O–H groups in total. The second-order valence-corrected chi connectivity index (χ2v) is 6.71. The van der Waals surface area contributed by atoms with Crippen LogP contribution >= 0.6 is 11.6 Å². The maximum Gasteiger partial charge on any atom is 0.243 e. The molecule has 0 unspecified atom stereocenters. The molecule has 0 radical (unpaired) electrons. The Balaban J connectivity index is 2.05. The lowest BCUT2D eigenvalue weighted by Crippen LogP contribution is -2.57. The third kappa shape index (κ3) is 4.11. The molecule has 1 aliphatic rings. The molecule has 21 heavy (non-hydrogen) atoms. The van der Waals surface area contributed by atoms with Gasteiger partial charge in [0.15, 0.2) is 0 Å². The van der Waals surface area contributed by atoms with E-state index in [1.807, 2.05) is 24.3 Å². The zero-order valence-corrected chi connectivity index (χ0v) is 13.5. The van der Waals surface area contributed by atoms with E-state index >= 15 is 0 Å². The van der Waals surface area contributed by atoms with Crippen molar-refractivity contribution in [3.8, 4) is 0 Å². The second-order valence-electron chi connectivity index (χ2n) is 6.27. The zero-order chi connectivity index (χ0) is 15.5. The standard InChI is InChI=1S/C16H24ClN3O/c1-12(2)11-20-9-7-16(8-10-20,15(18)21)19-14-5-3-13(17)4-6-14/h3-6,12,19H,7-11H2,1-2H3,(H2,18,21). The number of carbonyl (C=O) groups is 1. The van der Waals surface area contributed by atoms with E-state index in [0.29, 0.717) is 10.9 Å². The van der Waals surface area contributed by atoms with E-state index in [1.54, 1.807) is 0 Å². The van der Waals surface area contributed by atoms with Crippen LogP contribution in [0.15, 0.2) is 24.3 Å². The Morgan fingerprint density at radius 2 is 1.90 bits per heavy atom. The van der Waals surface area contributed by atoms with Crippen molar-refractivity contribution < 1.29 is 4.79 Å². The predicted molar refractivity (Wildman–Crippen MR) is 87.5 cm³/mol. The van der Waals surface area contributed by atoms with Crippen LogP contribution in [0.1, 0.15) is 26.7 Å². The van der Waals surface area contributed by atoms with Crippen molar-refractivity contribution >= 4 is 23.2 Å². The lowest BCUT2D eigenvalue weighted by Gasteiger charge is -2.41.